The molecule has 1 aromatic heterocycles. The Balaban J connectivity index is 2.45. The minimum atomic E-state index is 0.122. The van der Waals surface area contributed by atoms with E-state index < -0.39 is 0 Å². The fourth-order valence-electron chi connectivity index (χ4n) is 0.800. The highest BCUT2D eigenvalue weighted by molar-refractivity contribution is 9.11. The number of hydrogen-bond acceptors (Lipinski definition) is 3. The van der Waals surface area contributed by atoms with Gasteiger partial charge in [-0.2, -0.15) is 0 Å². The van der Waals surface area contributed by atoms with E-state index in [1.807, 2.05) is 19.9 Å². The van der Waals surface area contributed by atoms with E-state index in [1.165, 1.54) is 0 Å². The summed E-state index contributed by atoms with van der Waals surface area (Å²) in [5.74, 6) is 0. The second kappa shape index (κ2) is 5.73. The Kier molecular flexibility index (Phi) is 4.92. The van der Waals surface area contributed by atoms with Crippen molar-refractivity contribution in [3.63, 3.8) is 0 Å². The van der Waals surface area contributed by atoms with Crippen molar-refractivity contribution in [2.45, 2.75) is 26.4 Å². The largest absolute Gasteiger partial charge is 0.393 e. The fraction of sp³-hybridized carbons (Fsp3) is 0.444. The second-order valence-electron chi connectivity index (χ2n) is 2.97. The van der Waals surface area contributed by atoms with Crippen LogP contribution in [-0.4, -0.2) is 12.3 Å². The van der Waals surface area contributed by atoms with E-state index in [2.05, 4.69) is 21.1 Å². The summed E-state index contributed by atoms with van der Waals surface area (Å²) in [6.07, 6.45) is 2.56. The maximum atomic E-state index is 5.96. The molecule has 0 bridgehead atoms. The van der Waals surface area contributed by atoms with Gasteiger partial charge in [0.15, 0.2) is 0 Å². The summed E-state index contributed by atoms with van der Waals surface area (Å²) in [7, 11) is 0. The average molecular weight is 297 g/mol. The van der Waals surface area contributed by atoms with Gasteiger partial charge in [0, 0.05) is 17.5 Å². The standard InChI is InChI=1S/C9H11BrClNOS/c1-6(2)13-12-4-3-8-7(11)5-9(10)14-8/h4-6H,3H2,1-2H3. The molecule has 0 amide bonds. The van der Waals surface area contributed by atoms with Gasteiger partial charge in [0.1, 0.15) is 6.10 Å². The summed E-state index contributed by atoms with van der Waals surface area (Å²) in [5.41, 5.74) is 0. The maximum absolute atomic E-state index is 5.96. The molecule has 0 radical (unpaired) electrons. The first-order chi connectivity index (χ1) is 6.59. The van der Waals surface area contributed by atoms with E-state index in [4.69, 9.17) is 16.4 Å². The predicted molar refractivity (Wildman–Crippen MR) is 65.4 cm³/mol. The molecule has 14 heavy (non-hydrogen) atoms. The third-order valence-electron chi connectivity index (χ3n) is 1.35. The zero-order chi connectivity index (χ0) is 10.6. The molecule has 0 saturated carbocycles. The fourth-order valence-corrected chi connectivity index (χ4v) is 2.84. The summed E-state index contributed by atoms with van der Waals surface area (Å²) in [6.45, 7) is 3.87. The first kappa shape index (κ1) is 12.0. The Bertz CT molecular complexity index is 325. The summed E-state index contributed by atoms with van der Waals surface area (Å²) in [4.78, 5) is 6.12. The van der Waals surface area contributed by atoms with Crippen molar-refractivity contribution in [1.29, 1.82) is 0 Å². The van der Waals surface area contributed by atoms with Crippen LogP contribution >= 0.6 is 38.9 Å². The third kappa shape index (κ3) is 3.98. The van der Waals surface area contributed by atoms with Crippen LogP contribution in [-0.2, 0) is 11.3 Å². The second-order valence-corrected chi connectivity index (χ2v) is 5.89. The number of hydrogen-bond donors (Lipinski definition) is 0. The molecular formula is C9H11BrClNOS. The number of halogens is 2. The first-order valence-corrected chi connectivity index (χ1v) is 6.19. The lowest BCUT2D eigenvalue weighted by molar-refractivity contribution is 0.0869. The smallest absolute Gasteiger partial charge is 0.121 e. The minimum absolute atomic E-state index is 0.122. The van der Waals surface area contributed by atoms with Crippen molar-refractivity contribution in [3.05, 3.63) is 19.8 Å². The molecule has 0 unspecified atom stereocenters. The third-order valence-corrected chi connectivity index (χ3v) is 3.46. The van der Waals surface area contributed by atoms with Crippen LogP contribution in [0.5, 0.6) is 0 Å². The minimum Gasteiger partial charge on any atom is -0.393 e. The highest BCUT2D eigenvalue weighted by Crippen LogP contribution is 2.30. The molecule has 0 aliphatic carbocycles. The van der Waals surface area contributed by atoms with Gasteiger partial charge in [0.05, 0.1) is 8.81 Å². The lowest BCUT2D eigenvalue weighted by Gasteiger charge is -1.99. The molecule has 1 heterocycles. The Morgan fingerprint density at radius 3 is 2.93 bits per heavy atom. The van der Waals surface area contributed by atoms with Crippen molar-refractivity contribution in [3.8, 4) is 0 Å². The Morgan fingerprint density at radius 2 is 2.43 bits per heavy atom. The summed E-state index contributed by atoms with van der Waals surface area (Å²) < 4.78 is 1.04. The van der Waals surface area contributed by atoms with Gasteiger partial charge >= 0.3 is 0 Å². The van der Waals surface area contributed by atoms with E-state index in [0.717, 1.165) is 13.7 Å². The topological polar surface area (TPSA) is 21.6 Å². The zero-order valence-electron chi connectivity index (χ0n) is 7.96. The molecule has 1 rings (SSSR count). The SMILES string of the molecule is CC(C)ON=CCc1sc(Br)cc1Cl. The number of rotatable bonds is 4. The summed E-state index contributed by atoms with van der Waals surface area (Å²) >= 11 is 10.9. The molecule has 0 aliphatic heterocycles. The summed E-state index contributed by atoms with van der Waals surface area (Å²) in [6, 6.07) is 1.89. The van der Waals surface area contributed by atoms with Gasteiger partial charge in [0.25, 0.3) is 0 Å². The van der Waals surface area contributed by atoms with Crippen molar-refractivity contribution in [1.82, 2.24) is 0 Å². The Hall–Kier alpha value is -0.0600. The van der Waals surface area contributed by atoms with Crippen LogP contribution in [0.25, 0.3) is 0 Å². The van der Waals surface area contributed by atoms with Crippen molar-refractivity contribution in [2.75, 3.05) is 0 Å². The molecule has 5 heteroatoms. The van der Waals surface area contributed by atoms with E-state index in [9.17, 15) is 0 Å². The van der Waals surface area contributed by atoms with Crippen LogP contribution in [0.3, 0.4) is 0 Å². The molecular weight excluding hydrogens is 286 g/mol. The quantitative estimate of drug-likeness (QED) is 0.605. The van der Waals surface area contributed by atoms with Gasteiger partial charge in [-0.05, 0) is 35.8 Å². The molecule has 0 N–H and O–H groups in total. The highest BCUT2D eigenvalue weighted by Gasteiger charge is 2.03. The molecule has 0 fully saturated rings. The molecule has 78 valence electrons. The molecule has 0 spiro atoms. The monoisotopic (exact) mass is 295 g/mol. The molecule has 2 nitrogen and oxygen atoms in total. The molecule has 0 aromatic carbocycles. The van der Waals surface area contributed by atoms with Gasteiger partial charge < -0.3 is 4.84 Å². The number of nitrogens with zero attached hydrogens (tertiary/aromatic N) is 1. The van der Waals surface area contributed by atoms with E-state index >= 15 is 0 Å². The molecule has 1 aromatic rings. The predicted octanol–water partition coefficient (Wildman–Crippen LogP) is 4.12. The highest BCUT2D eigenvalue weighted by atomic mass is 79.9. The van der Waals surface area contributed by atoms with Gasteiger partial charge in [0.2, 0.25) is 0 Å². The van der Waals surface area contributed by atoms with Gasteiger partial charge in [-0.3, -0.25) is 0 Å². The summed E-state index contributed by atoms with van der Waals surface area (Å²) in [5, 5.41) is 4.60. The Labute approximate surface area is 101 Å². The van der Waals surface area contributed by atoms with Crippen molar-refractivity contribution < 1.29 is 4.84 Å². The van der Waals surface area contributed by atoms with Crippen LogP contribution in [0.1, 0.15) is 18.7 Å². The molecule has 0 atom stereocenters. The van der Waals surface area contributed by atoms with Crippen molar-refractivity contribution >= 4 is 45.1 Å². The van der Waals surface area contributed by atoms with E-state index in [0.29, 0.717) is 6.42 Å². The van der Waals surface area contributed by atoms with E-state index in [1.54, 1.807) is 17.6 Å². The molecule has 0 saturated heterocycles. The molecule has 0 aliphatic rings. The van der Waals surface area contributed by atoms with Crippen LogP contribution in [0.4, 0.5) is 0 Å². The Morgan fingerprint density at radius 1 is 1.71 bits per heavy atom. The van der Waals surface area contributed by atoms with Crippen molar-refractivity contribution in [2.24, 2.45) is 5.16 Å². The lowest BCUT2D eigenvalue weighted by Crippen LogP contribution is -1.96. The average Bonchev–Trinajstić information content (AvgIpc) is 2.39. The zero-order valence-corrected chi connectivity index (χ0v) is 11.1. The first-order valence-electron chi connectivity index (χ1n) is 4.21. The number of oxime groups is 1. The van der Waals surface area contributed by atoms with Gasteiger partial charge in [-0.1, -0.05) is 16.8 Å². The van der Waals surface area contributed by atoms with Crippen LogP contribution in [0.2, 0.25) is 5.02 Å². The maximum Gasteiger partial charge on any atom is 0.121 e. The van der Waals surface area contributed by atoms with Gasteiger partial charge in [-0.15, -0.1) is 11.3 Å². The van der Waals surface area contributed by atoms with E-state index in [-0.39, 0.29) is 6.10 Å². The lowest BCUT2D eigenvalue weighted by atomic mass is 10.4. The van der Waals surface area contributed by atoms with Gasteiger partial charge in [-0.25, -0.2) is 0 Å². The van der Waals surface area contributed by atoms with Crippen LogP contribution in [0, 0.1) is 0 Å². The van der Waals surface area contributed by atoms with Crippen LogP contribution in [0.15, 0.2) is 15.0 Å². The normalized spacial score (nSPS) is 11.5. The van der Waals surface area contributed by atoms with Crippen LogP contribution < -0.4 is 0 Å². The number of thiophene rings is 1.